The number of aromatic nitrogens is 2. The van der Waals surface area contributed by atoms with Gasteiger partial charge in [0, 0.05) is 35.3 Å². The summed E-state index contributed by atoms with van der Waals surface area (Å²) in [7, 11) is 0. The zero-order chi connectivity index (χ0) is 14.8. The van der Waals surface area contributed by atoms with E-state index in [1.165, 1.54) is 10.9 Å². The van der Waals surface area contributed by atoms with Crippen LogP contribution in [0.2, 0.25) is 5.02 Å². The third-order valence-electron chi connectivity index (χ3n) is 3.45. The van der Waals surface area contributed by atoms with Crippen molar-refractivity contribution in [3.8, 4) is 0 Å². The summed E-state index contributed by atoms with van der Waals surface area (Å²) in [5.74, 6) is 0.829. The van der Waals surface area contributed by atoms with Gasteiger partial charge in [-0.15, -0.1) is 0 Å². The molecule has 110 valence electrons. The van der Waals surface area contributed by atoms with E-state index in [4.69, 9.17) is 16.1 Å². The molecule has 0 saturated carbocycles. The number of hydrogen-bond donors (Lipinski definition) is 1. The third kappa shape index (κ3) is 3.12. The van der Waals surface area contributed by atoms with Crippen molar-refractivity contribution in [1.82, 2.24) is 15.0 Å². The summed E-state index contributed by atoms with van der Waals surface area (Å²) >= 11 is 6.14. The molecule has 0 saturated heterocycles. The number of nitrogens with zero attached hydrogens (tertiary/aromatic N) is 2. The third-order valence-corrected chi connectivity index (χ3v) is 3.68. The Kier molecular flexibility index (Phi) is 3.99. The van der Waals surface area contributed by atoms with Crippen LogP contribution in [0.25, 0.3) is 10.9 Å². The number of nitrogens with one attached hydrogen (secondary N) is 1. The molecule has 0 bridgehead atoms. The topological polar surface area (TPSA) is 43.0 Å². The Morgan fingerprint density at radius 1 is 1.33 bits per heavy atom. The van der Waals surface area contributed by atoms with E-state index in [1.807, 2.05) is 18.2 Å². The molecule has 2 aromatic heterocycles. The zero-order valence-corrected chi connectivity index (χ0v) is 12.9. The average Bonchev–Trinajstić information content (AvgIpc) is 3.05. The van der Waals surface area contributed by atoms with Crippen molar-refractivity contribution >= 4 is 22.5 Å². The highest BCUT2D eigenvalue weighted by molar-refractivity contribution is 6.31. The second-order valence-corrected chi connectivity index (χ2v) is 5.89. The molecule has 1 N–H and O–H groups in total. The van der Waals surface area contributed by atoms with Crippen molar-refractivity contribution in [3.63, 3.8) is 0 Å². The second kappa shape index (κ2) is 5.92. The fraction of sp³-hybridized carbons (Fsp3) is 0.312. The first-order valence-corrected chi connectivity index (χ1v) is 7.41. The van der Waals surface area contributed by atoms with Crippen LogP contribution in [0.5, 0.6) is 0 Å². The van der Waals surface area contributed by atoms with Crippen LogP contribution in [-0.2, 0) is 13.1 Å². The van der Waals surface area contributed by atoms with E-state index >= 15 is 0 Å². The smallest absolute Gasteiger partial charge is 0.156 e. The molecule has 0 spiro atoms. The van der Waals surface area contributed by atoms with E-state index in [1.54, 1.807) is 6.20 Å². The van der Waals surface area contributed by atoms with Gasteiger partial charge in [0.15, 0.2) is 5.76 Å². The Balaban J connectivity index is 2.00. The molecule has 0 aliphatic heterocycles. The molecular weight excluding hydrogens is 286 g/mol. The van der Waals surface area contributed by atoms with Crippen molar-refractivity contribution in [2.24, 2.45) is 0 Å². The number of benzene rings is 1. The number of fused-ring (bicyclic) bond motifs is 1. The van der Waals surface area contributed by atoms with Crippen molar-refractivity contribution in [3.05, 3.63) is 53.0 Å². The first-order chi connectivity index (χ1) is 10.1. The Morgan fingerprint density at radius 3 is 2.90 bits per heavy atom. The highest BCUT2D eigenvalue weighted by Gasteiger charge is 2.11. The summed E-state index contributed by atoms with van der Waals surface area (Å²) in [5, 5.41) is 9.17. The van der Waals surface area contributed by atoms with Crippen LogP contribution in [-0.4, -0.2) is 15.8 Å². The summed E-state index contributed by atoms with van der Waals surface area (Å²) < 4.78 is 7.36. The van der Waals surface area contributed by atoms with Crippen LogP contribution in [0.4, 0.5) is 0 Å². The molecule has 3 aromatic rings. The number of halogens is 1. The summed E-state index contributed by atoms with van der Waals surface area (Å²) in [6.45, 7) is 5.77. The second-order valence-electron chi connectivity index (χ2n) is 5.46. The highest BCUT2D eigenvalue weighted by Crippen LogP contribution is 2.25. The van der Waals surface area contributed by atoms with Gasteiger partial charge < -0.3 is 14.4 Å². The van der Waals surface area contributed by atoms with E-state index in [2.05, 4.69) is 41.2 Å². The lowest BCUT2D eigenvalue weighted by Crippen LogP contribution is -2.21. The van der Waals surface area contributed by atoms with Crippen molar-refractivity contribution in [2.45, 2.75) is 33.0 Å². The molecule has 0 amide bonds. The predicted molar refractivity (Wildman–Crippen MR) is 84.5 cm³/mol. The number of hydrogen-bond acceptors (Lipinski definition) is 3. The molecule has 1 aromatic carbocycles. The van der Waals surface area contributed by atoms with E-state index in [0.29, 0.717) is 12.6 Å². The van der Waals surface area contributed by atoms with Gasteiger partial charge in [-0.05, 0) is 17.7 Å². The van der Waals surface area contributed by atoms with E-state index in [9.17, 15) is 0 Å². The fourth-order valence-electron chi connectivity index (χ4n) is 2.42. The fourth-order valence-corrected chi connectivity index (χ4v) is 2.58. The summed E-state index contributed by atoms with van der Waals surface area (Å²) in [6.07, 6.45) is 3.81. The van der Waals surface area contributed by atoms with Gasteiger partial charge in [-0.1, -0.05) is 36.7 Å². The molecule has 3 rings (SSSR count). The van der Waals surface area contributed by atoms with Crippen molar-refractivity contribution < 1.29 is 4.52 Å². The Hall–Kier alpha value is -1.78. The van der Waals surface area contributed by atoms with E-state index in [0.717, 1.165) is 22.8 Å². The van der Waals surface area contributed by atoms with Gasteiger partial charge in [-0.25, -0.2) is 0 Å². The average molecular weight is 304 g/mol. The lowest BCUT2D eigenvalue weighted by Gasteiger charge is -2.06. The molecule has 0 aliphatic rings. The molecule has 0 aliphatic carbocycles. The summed E-state index contributed by atoms with van der Waals surface area (Å²) in [4.78, 5) is 0. The maximum atomic E-state index is 6.14. The molecule has 21 heavy (non-hydrogen) atoms. The van der Waals surface area contributed by atoms with Crippen LogP contribution >= 0.6 is 11.6 Å². The molecule has 4 nitrogen and oxygen atoms in total. The van der Waals surface area contributed by atoms with Crippen LogP contribution < -0.4 is 5.32 Å². The normalized spacial score (nSPS) is 11.6. The minimum atomic E-state index is 0.449. The van der Waals surface area contributed by atoms with Gasteiger partial charge >= 0.3 is 0 Å². The first-order valence-electron chi connectivity index (χ1n) is 7.03. The lowest BCUT2D eigenvalue weighted by molar-refractivity contribution is 0.377. The molecule has 0 radical (unpaired) electrons. The molecule has 2 heterocycles. The van der Waals surface area contributed by atoms with E-state index < -0.39 is 0 Å². The summed E-state index contributed by atoms with van der Waals surface area (Å²) in [6, 6.07) is 8.33. The zero-order valence-electron chi connectivity index (χ0n) is 12.1. The van der Waals surface area contributed by atoms with Gasteiger partial charge in [0.05, 0.1) is 18.3 Å². The maximum absolute atomic E-state index is 6.14. The van der Waals surface area contributed by atoms with Gasteiger partial charge in [-0.2, -0.15) is 0 Å². The van der Waals surface area contributed by atoms with Crippen LogP contribution in [0.3, 0.4) is 0 Å². The summed E-state index contributed by atoms with van der Waals surface area (Å²) in [5.41, 5.74) is 2.37. The monoisotopic (exact) mass is 303 g/mol. The first kappa shape index (κ1) is 14.2. The molecule has 5 heteroatoms. The van der Waals surface area contributed by atoms with Gasteiger partial charge in [0.1, 0.15) is 0 Å². The minimum absolute atomic E-state index is 0.449. The Labute approximate surface area is 128 Å². The predicted octanol–water partition coefficient (Wildman–Crippen LogP) is 3.83. The van der Waals surface area contributed by atoms with Crippen LogP contribution in [0, 0.1) is 0 Å². The van der Waals surface area contributed by atoms with Gasteiger partial charge in [0.25, 0.3) is 0 Å². The quantitative estimate of drug-likeness (QED) is 0.779. The molecule has 0 atom stereocenters. The molecule has 0 fully saturated rings. The Bertz CT molecular complexity index is 731. The van der Waals surface area contributed by atoms with Gasteiger partial charge in [-0.3, -0.25) is 0 Å². The lowest BCUT2D eigenvalue weighted by atomic mass is 10.1. The maximum Gasteiger partial charge on any atom is 0.156 e. The standard InChI is InChI=1S/C16H18ClN3O/c1-11(2)18-8-12-9-20(10-14-5-6-19-21-14)16-7-13(17)3-4-15(12)16/h3-7,9,11,18H,8,10H2,1-2H3. The van der Waals surface area contributed by atoms with Gasteiger partial charge in [0.2, 0.25) is 0 Å². The Morgan fingerprint density at radius 2 is 2.19 bits per heavy atom. The minimum Gasteiger partial charge on any atom is -0.359 e. The molecular formula is C16H18ClN3O. The SMILES string of the molecule is CC(C)NCc1cn(Cc2ccno2)c2cc(Cl)ccc12. The van der Waals surface area contributed by atoms with Crippen molar-refractivity contribution in [2.75, 3.05) is 0 Å². The number of rotatable bonds is 5. The molecule has 0 unspecified atom stereocenters. The largest absolute Gasteiger partial charge is 0.359 e. The highest BCUT2D eigenvalue weighted by atomic mass is 35.5. The van der Waals surface area contributed by atoms with Crippen LogP contribution in [0.15, 0.2) is 41.2 Å². The van der Waals surface area contributed by atoms with Crippen LogP contribution in [0.1, 0.15) is 25.2 Å². The van der Waals surface area contributed by atoms with E-state index in [-0.39, 0.29) is 0 Å². The van der Waals surface area contributed by atoms with Crippen molar-refractivity contribution in [1.29, 1.82) is 0 Å².